The number of carbonyl (C=O) groups excluding carboxylic acids is 1. The Kier molecular flexibility index (Phi) is 4.96. The molecule has 1 aromatic carbocycles. The van der Waals surface area contributed by atoms with Crippen LogP contribution in [0, 0.1) is 5.41 Å². The van der Waals surface area contributed by atoms with Crippen LogP contribution in [0.15, 0.2) is 47.8 Å². The lowest BCUT2D eigenvalue weighted by Crippen LogP contribution is -2.38. The van der Waals surface area contributed by atoms with Gasteiger partial charge in [0.2, 0.25) is 0 Å². The van der Waals surface area contributed by atoms with Crippen LogP contribution < -0.4 is 0 Å². The second kappa shape index (κ2) is 6.54. The lowest BCUT2D eigenvalue weighted by molar-refractivity contribution is 0.0757. The van der Waals surface area contributed by atoms with Crippen molar-refractivity contribution in [2.45, 2.75) is 26.8 Å². The van der Waals surface area contributed by atoms with Gasteiger partial charge in [-0.05, 0) is 25.4 Å². The molecule has 112 valence electrons. The van der Waals surface area contributed by atoms with Crippen LogP contribution in [0.25, 0.3) is 0 Å². The third-order valence-electron chi connectivity index (χ3n) is 3.91. The van der Waals surface area contributed by atoms with E-state index in [1.807, 2.05) is 44.2 Å². The average Bonchev–Trinajstić information content (AvgIpc) is 3.00. The minimum Gasteiger partial charge on any atom is -0.298 e. The van der Waals surface area contributed by atoms with E-state index in [4.69, 9.17) is 0 Å². The van der Waals surface area contributed by atoms with E-state index in [1.54, 1.807) is 11.3 Å². The van der Waals surface area contributed by atoms with Crippen molar-refractivity contribution < 1.29 is 4.79 Å². The molecule has 0 bridgehead atoms. The number of rotatable bonds is 6. The summed E-state index contributed by atoms with van der Waals surface area (Å²) in [6, 6.07) is 14.1. The second-order valence-electron chi connectivity index (χ2n) is 6.19. The number of ketones is 1. The Morgan fingerprint density at radius 1 is 1.19 bits per heavy atom. The first-order valence-electron chi connectivity index (χ1n) is 7.25. The molecule has 3 heteroatoms. The standard InChI is InChI=1S/C18H23NOS/c1-14(16-11-8-12-21-16)19(4)13-18(2,3)17(20)15-9-6-5-7-10-15/h5-12,14H,13H2,1-4H3. The summed E-state index contributed by atoms with van der Waals surface area (Å²) in [6.45, 7) is 6.98. The summed E-state index contributed by atoms with van der Waals surface area (Å²) in [5.74, 6) is 0.202. The van der Waals surface area contributed by atoms with Crippen molar-refractivity contribution in [1.29, 1.82) is 0 Å². The summed E-state index contributed by atoms with van der Waals surface area (Å²) < 4.78 is 0. The minimum absolute atomic E-state index is 0.202. The quantitative estimate of drug-likeness (QED) is 0.724. The van der Waals surface area contributed by atoms with Gasteiger partial charge in [0, 0.05) is 28.4 Å². The maximum Gasteiger partial charge on any atom is 0.169 e. The van der Waals surface area contributed by atoms with E-state index >= 15 is 0 Å². The van der Waals surface area contributed by atoms with Crippen molar-refractivity contribution in [1.82, 2.24) is 4.90 Å². The van der Waals surface area contributed by atoms with E-state index in [0.717, 1.165) is 12.1 Å². The number of carbonyl (C=O) groups is 1. The average molecular weight is 301 g/mol. The number of benzene rings is 1. The van der Waals surface area contributed by atoms with Crippen LogP contribution in [-0.2, 0) is 0 Å². The Morgan fingerprint density at radius 3 is 2.43 bits per heavy atom. The Labute approximate surface area is 131 Å². The zero-order valence-electron chi connectivity index (χ0n) is 13.2. The number of Topliss-reactive ketones (excluding diaryl/α,β-unsaturated/α-hetero) is 1. The van der Waals surface area contributed by atoms with E-state index in [1.165, 1.54) is 4.88 Å². The third kappa shape index (κ3) is 3.80. The fraction of sp³-hybridized carbons (Fsp3) is 0.389. The van der Waals surface area contributed by atoms with Gasteiger partial charge in [-0.1, -0.05) is 50.2 Å². The number of hydrogen-bond donors (Lipinski definition) is 0. The number of hydrogen-bond acceptors (Lipinski definition) is 3. The summed E-state index contributed by atoms with van der Waals surface area (Å²) in [4.78, 5) is 16.3. The Hall–Kier alpha value is -1.45. The third-order valence-corrected chi connectivity index (χ3v) is 4.95. The van der Waals surface area contributed by atoms with Gasteiger partial charge in [0.15, 0.2) is 5.78 Å². The molecule has 0 fully saturated rings. The van der Waals surface area contributed by atoms with Crippen molar-refractivity contribution in [2.24, 2.45) is 5.41 Å². The number of thiophene rings is 1. The summed E-state index contributed by atoms with van der Waals surface area (Å²) in [5, 5.41) is 2.10. The molecule has 21 heavy (non-hydrogen) atoms. The van der Waals surface area contributed by atoms with E-state index in [0.29, 0.717) is 6.04 Å². The molecule has 2 rings (SSSR count). The molecule has 0 aliphatic rings. The molecule has 2 nitrogen and oxygen atoms in total. The first-order valence-corrected chi connectivity index (χ1v) is 8.13. The van der Waals surface area contributed by atoms with E-state index in [-0.39, 0.29) is 5.78 Å². The van der Waals surface area contributed by atoms with Gasteiger partial charge in [0.05, 0.1) is 0 Å². The molecule has 0 spiro atoms. The Morgan fingerprint density at radius 2 is 1.86 bits per heavy atom. The first-order chi connectivity index (χ1) is 9.92. The maximum atomic E-state index is 12.7. The van der Waals surface area contributed by atoms with Crippen molar-refractivity contribution in [3.05, 3.63) is 58.3 Å². The van der Waals surface area contributed by atoms with Gasteiger partial charge in [-0.2, -0.15) is 0 Å². The van der Waals surface area contributed by atoms with Gasteiger partial charge in [0.25, 0.3) is 0 Å². The fourth-order valence-electron chi connectivity index (χ4n) is 2.56. The van der Waals surface area contributed by atoms with Crippen molar-refractivity contribution in [3.8, 4) is 0 Å². The lowest BCUT2D eigenvalue weighted by Gasteiger charge is -2.32. The molecule has 1 atom stereocenters. The van der Waals surface area contributed by atoms with Gasteiger partial charge in [-0.25, -0.2) is 0 Å². The molecule has 0 aliphatic carbocycles. The van der Waals surface area contributed by atoms with Crippen molar-refractivity contribution in [2.75, 3.05) is 13.6 Å². The highest BCUT2D eigenvalue weighted by Crippen LogP contribution is 2.29. The van der Waals surface area contributed by atoms with Crippen LogP contribution in [0.1, 0.15) is 42.0 Å². The highest BCUT2D eigenvalue weighted by Gasteiger charge is 2.31. The molecular weight excluding hydrogens is 278 g/mol. The zero-order chi connectivity index (χ0) is 15.5. The van der Waals surface area contributed by atoms with Crippen molar-refractivity contribution in [3.63, 3.8) is 0 Å². The smallest absolute Gasteiger partial charge is 0.169 e. The number of nitrogens with zero attached hydrogens (tertiary/aromatic N) is 1. The van der Waals surface area contributed by atoms with Gasteiger partial charge >= 0.3 is 0 Å². The van der Waals surface area contributed by atoms with Crippen LogP contribution in [0.3, 0.4) is 0 Å². The Bertz CT molecular complexity index is 575. The molecule has 2 aromatic rings. The van der Waals surface area contributed by atoms with E-state index in [9.17, 15) is 4.79 Å². The molecule has 1 aromatic heterocycles. The predicted octanol–water partition coefficient (Wildman–Crippen LogP) is 4.65. The van der Waals surface area contributed by atoms with Gasteiger partial charge < -0.3 is 0 Å². The SMILES string of the molecule is CC(c1cccs1)N(C)CC(C)(C)C(=O)c1ccccc1. The second-order valence-corrected chi connectivity index (χ2v) is 7.16. The first kappa shape index (κ1) is 15.9. The zero-order valence-corrected chi connectivity index (χ0v) is 14.0. The topological polar surface area (TPSA) is 20.3 Å². The summed E-state index contributed by atoms with van der Waals surface area (Å²) >= 11 is 1.76. The molecule has 1 heterocycles. The largest absolute Gasteiger partial charge is 0.298 e. The molecule has 0 radical (unpaired) electrons. The van der Waals surface area contributed by atoms with Crippen LogP contribution in [0.2, 0.25) is 0 Å². The molecular formula is C18H23NOS. The highest BCUT2D eigenvalue weighted by atomic mass is 32.1. The monoisotopic (exact) mass is 301 g/mol. The van der Waals surface area contributed by atoms with Gasteiger partial charge in [-0.15, -0.1) is 11.3 Å². The maximum absolute atomic E-state index is 12.7. The fourth-order valence-corrected chi connectivity index (χ4v) is 3.41. The van der Waals surface area contributed by atoms with Crippen LogP contribution in [-0.4, -0.2) is 24.3 Å². The van der Waals surface area contributed by atoms with E-state index in [2.05, 4.69) is 36.4 Å². The summed E-state index contributed by atoms with van der Waals surface area (Å²) in [6.07, 6.45) is 0. The normalized spacial score (nSPS) is 13.4. The predicted molar refractivity (Wildman–Crippen MR) is 89.9 cm³/mol. The highest BCUT2D eigenvalue weighted by molar-refractivity contribution is 7.10. The molecule has 0 amide bonds. The van der Waals surface area contributed by atoms with Crippen LogP contribution in [0.4, 0.5) is 0 Å². The molecule has 1 unspecified atom stereocenters. The van der Waals surface area contributed by atoms with Gasteiger partial charge in [-0.3, -0.25) is 9.69 Å². The van der Waals surface area contributed by atoms with Crippen molar-refractivity contribution >= 4 is 17.1 Å². The minimum atomic E-state index is -0.401. The molecule has 0 aliphatic heterocycles. The molecule has 0 saturated heterocycles. The molecule has 0 saturated carbocycles. The van der Waals surface area contributed by atoms with E-state index < -0.39 is 5.41 Å². The summed E-state index contributed by atoms with van der Waals surface area (Å²) in [5.41, 5.74) is 0.390. The summed E-state index contributed by atoms with van der Waals surface area (Å²) in [7, 11) is 2.09. The molecule has 0 N–H and O–H groups in total. The lowest BCUT2D eigenvalue weighted by atomic mass is 9.83. The van der Waals surface area contributed by atoms with Gasteiger partial charge in [0.1, 0.15) is 0 Å². The van der Waals surface area contributed by atoms with Crippen LogP contribution >= 0.6 is 11.3 Å². The van der Waals surface area contributed by atoms with Crippen LogP contribution in [0.5, 0.6) is 0 Å². The Balaban J connectivity index is 2.08.